The normalized spacial score (nSPS) is 14.4. The highest BCUT2D eigenvalue weighted by atomic mass is 15.3. The van der Waals surface area contributed by atoms with Crippen molar-refractivity contribution in [3.05, 3.63) is 35.7 Å². The summed E-state index contributed by atoms with van der Waals surface area (Å²) in [7, 11) is 3.97. The number of aromatic nitrogens is 3. The fourth-order valence-corrected chi connectivity index (χ4v) is 2.70. The topological polar surface area (TPSA) is 72.2 Å². The summed E-state index contributed by atoms with van der Waals surface area (Å²) in [5.74, 6) is 2.55. The molecule has 0 aromatic carbocycles. The Bertz CT molecular complexity index is 758. The fraction of sp³-hybridized carbons (Fsp3) is 0.412. The van der Waals surface area contributed by atoms with Gasteiger partial charge in [-0.15, -0.1) is 0 Å². The summed E-state index contributed by atoms with van der Waals surface area (Å²) < 4.78 is 0. The number of nitriles is 1. The second kappa shape index (κ2) is 6.71. The maximum atomic E-state index is 9.02. The predicted octanol–water partition coefficient (Wildman–Crippen LogP) is 1.44. The Hall–Kier alpha value is -2.88. The van der Waals surface area contributed by atoms with E-state index in [-0.39, 0.29) is 0 Å². The number of pyridine rings is 1. The zero-order valence-electron chi connectivity index (χ0n) is 14.3. The molecule has 0 bridgehead atoms. The van der Waals surface area contributed by atoms with E-state index in [0.29, 0.717) is 5.56 Å². The van der Waals surface area contributed by atoms with Gasteiger partial charge in [0.2, 0.25) is 5.95 Å². The van der Waals surface area contributed by atoms with Gasteiger partial charge in [0.25, 0.3) is 0 Å². The standard InChI is InChI=1S/C17H21N7/c1-13-10-16(22(2)3)21-17(20-13)24-8-6-23(7-9-24)15-11-14(12-18)4-5-19-15/h4-5,10-11H,6-9H2,1-3H3. The van der Waals surface area contributed by atoms with Gasteiger partial charge in [0.1, 0.15) is 11.6 Å². The molecule has 1 saturated heterocycles. The third kappa shape index (κ3) is 3.38. The van der Waals surface area contributed by atoms with Crippen LogP contribution in [0.1, 0.15) is 11.3 Å². The summed E-state index contributed by atoms with van der Waals surface area (Å²) in [5.41, 5.74) is 1.61. The third-order valence-electron chi connectivity index (χ3n) is 4.05. The van der Waals surface area contributed by atoms with Crippen molar-refractivity contribution in [1.82, 2.24) is 15.0 Å². The lowest BCUT2D eigenvalue weighted by Crippen LogP contribution is -2.47. The number of hydrogen-bond donors (Lipinski definition) is 0. The number of nitrogens with zero attached hydrogens (tertiary/aromatic N) is 7. The van der Waals surface area contributed by atoms with Crippen LogP contribution in [0.25, 0.3) is 0 Å². The van der Waals surface area contributed by atoms with E-state index in [1.54, 1.807) is 12.3 Å². The van der Waals surface area contributed by atoms with Crippen molar-refractivity contribution in [3.8, 4) is 6.07 Å². The van der Waals surface area contributed by atoms with Crippen LogP contribution in [0.4, 0.5) is 17.6 Å². The number of hydrogen-bond acceptors (Lipinski definition) is 7. The van der Waals surface area contributed by atoms with E-state index in [0.717, 1.165) is 49.5 Å². The molecule has 0 amide bonds. The Balaban J connectivity index is 1.72. The SMILES string of the molecule is Cc1cc(N(C)C)nc(N2CCN(c3cc(C#N)ccn3)CC2)n1. The van der Waals surface area contributed by atoms with Gasteiger partial charge >= 0.3 is 0 Å². The van der Waals surface area contributed by atoms with Crippen molar-refractivity contribution in [1.29, 1.82) is 5.26 Å². The molecule has 1 aliphatic rings. The Morgan fingerprint density at radius 2 is 1.79 bits per heavy atom. The zero-order chi connectivity index (χ0) is 17.1. The van der Waals surface area contributed by atoms with E-state index >= 15 is 0 Å². The molecule has 124 valence electrons. The Morgan fingerprint density at radius 1 is 1.08 bits per heavy atom. The molecule has 0 atom stereocenters. The first-order chi connectivity index (χ1) is 11.6. The van der Waals surface area contributed by atoms with E-state index in [9.17, 15) is 0 Å². The van der Waals surface area contributed by atoms with Crippen molar-refractivity contribution in [2.45, 2.75) is 6.92 Å². The average Bonchev–Trinajstić information content (AvgIpc) is 2.61. The third-order valence-corrected chi connectivity index (χ3v) is 4.05. The molecule has 0 N–H and O–H groups in total. The molecule has 7 heteroatoms. The van der Waals surface area contributed by atoms with Gasteiger partial charge in [-0.3, -0.25) is 0 Å². The minimum absolute atomic E-state index is 0.639. The van der Waals surface area contributed by atoms with Gasteiger partial charge in [0, 0.05) is 58.2 Å². The maximum Gasteiger partial charge on any atom is 0.227 e. The number of anilines is 3. The van der Waals surface area contributed by atoms with Crippen LogP contribution in [0.15, 0.2) is 24.4 Å². The molecule has 0 unspecified atom stereocenters. The maximum absolute atomic E-state index is 9.02. The van der Waals surface area contributed by atoms with E-state index < -0.39 is 0 Å². The van der Waals surface area contributed by atoms with Crippen molar-refractivity contribution in [2.24, 2.45) is 0 Å². The number of rotatable bonds is 3. The molecule has 0 spiro atoms. The predicted molar refractivity (Wildman–Crippen MR) is 94.5 cm³/mol. The summed E-state index contributed by atoms with van der Waals surface area (Å²) in [4.78, 5) is 20.0. The van der Waals surface area contributed by atoms with Crippen LogP contribution < -0.4 is 14.7 Å². The summed E-state index contributed by atoms with van der Waals surface area (Å²) >= 11 is 0. The molecule has 3 rings (SSSR count). The smallest absolute Gasteiger partial charge is 0.227 e. The average molecular weight is 323 g/mol. The quantitative estimate of drug-likeness (QED) is 0.846. The molecule has 1 fully saturated rings. The van der Waals surface area contributed by atoms with Crippen molar-refractivity contribution >= 4 is 17.6 Å². The van der Waals surface area contributed by atoms with Crippen molar-refractivity contribution in [3.63, 3.8) is 0 Å². The van der Waals surface area contributed by atoms with Crippen LogP contribution in [0.5, 0.6) is 0 Å². The lowest BCUT2D eigenvalue weighted by molar-refractivity contribution is 0.633. The first kappa shape index (κ1) is 16.0. The van der Waals surface area contributed by atoms with Crippen LogP contribution in [0, 0.1) is 18.3 Å². The van der Waals surface area contributed by atoms with Crippen LogP contribution in [0.2, 0.25) is 0 Å². The van der Waals surface area contributed by atoms with Crippen molar-refractivity contribution in [2.75, 3.05) is 55.0 Å². The van der Waals surface area contributed by atoms with Crippen LogP contribution >= 0.6 is 0 Å². The molecule has 7 nitrogen and oxygen atoms in total. The van der Waals surface area contributed by atoms with Crippen LogP contribution in [0.3, 0.4) is 0 Å². The first-order valence-electron chi connectivity index (χ1n) is 7.96. The summed E-state index contributed by atoms with van der Waals surface area (Å²) in [6.07, 6.45) is 1.69. The van der Waals surface area contributed by atoms with Gasteiger partial charge in [0.15, 0.2) is 0 Å². The molecule has 2 aromatic heterocycles. The van der Waals surface area contributed by atoms with Gasteiger partial charge in [-0.1, -0.05) is 0 Å². The Kier molecular flexibility index (Phi) is 4.47. The van der Waals surface area contributed by atoms with Gasteiger partial charge in [-0.2, -0.15) is 10.2 Å². The molecule has 1 aliphatic heterocycles. The molecule has 0 aliphatic carbocycles. The molecule has 0 radical (unpaired) electrons. The number of aryl methyl sites for hydroxylation is 1. The summed E-state index contributed by atoms with van der Waals surface area (Å²) in [5, 5.41) is 9.02. The second-order valence-corrected chi connectivity index (χ2v) is 6.05. The van der Waals surface area contributed by atoms with Gasteiger partial charge in [-0.25, -0.2) is 9.97 Å². The van der Waals surface area contributed by atoms with Crippen molar-refractivity contribution < 1.29 is 0 Å². The lowest BCUT2D eigenvalue weighted by atomic mass is 10.2. The summed E-state index contributed by atoms with van der Waals surface area (Å²) in [6, 6.07) is 7.71. The summed E-state index contributed by atoms with van der Waals surface area (Å²) in [6.45, 7) is 5.31. The monoisotopic (exact) mass is 323 g/mol. The van der Waals surface area contributed by atoms with E-state index in [1.807, 2.05) is 38.1 Å². The molecule has 0 saturated carbocycles. The Morgan fingerprint density at radius 3 is 2.46 bits per heavy atom. The zero-order valence-corrected chi connectivity index (χ0v) is 14.3. The largest absolute Gasteiger partial charge is 0.363 e. The van der Waals surface area contributed by atoms with E-state index in [4.69, 9.17) is 5.26 Å². The fourth-order valence-electron chi connectivity index (χ4n) is 2.70. The van der Waals surface area contributed by atoms with E-state index in [2.05, 4.69) is 30.8 Å². The second-order valence-electron chi connectivity index (χ2n) is 6.05. The molecular weight excluding hydrogens is 302 g/mol. The minimum atomic E-state index is 0.639. The molecule has 2 aromatic rings. The number of piperazine rings is 1. The molecule has 3 heterocycles. The molecular formula is C17H21N7. The Labute approximate surface area is 142 Å². The molecule has 24 heavy (non-hydrogen) atoms. The highest BCUT2D eigenvalue weighted by Crippen LogP contribution is 2.19. The van der Waals surface area contributed by atoms with Gasteiger partial charge in [-0.05, 0) is 19.1 Å². The highest BCUT2D eigenvalue weighted by Gasteiger charge is 2.21. The minimum Gasteiger partial charge on any atom is -0.363 e. The van der Waals surface area contributed by atoms with Gasteiger partial charge < -0.3 is 14.7 Å². The van der Waals surface area contributed by atoms with Crippen LogP contribution in [-0.4, -0.2) is 55.2 Å². The highest BCUT2D eigenvalue weighted by molar-refractivity contribution is 5.49. The van der Waals surface area contributed by atoms with E-state index in [1.165, 1.54) is 0 Å². The first-order valence-corrected chi connectivity index (χ1v) is 7.96. The lowest BCUT2D eigenvalue weighted by Gasteiger charge is -2.35. The van der Waals surface area contributed by atoms with Gasteiger partial charge in [0.05, 0.1) is 11.6 Å². The van der Waals surface area contributed by atoms with Crippen LogP contribution in [-0.2, 0) is 0 Å².